The Morgan fingerprint density at radius 1 is 1.50 bits per heavy atom. The molecule has 0 spiro atoms. The zero-order chi connectivity index (χ0) is 9.19. The van der Waals surface area contributed by atoms with Crippen molar-refractivity contribution in [1.29, 1.82) is 0 Å². The maximum Gasteiger partial charge on any atom is -0.00489 e. The fourth-order valence-corrected chi connectivity index (χ4v) is 2.43. The molecule has 0 amide bonds. The third-order valence-electron chi connectivity index (χ3n) is 3.42. The molecule has 0 heterocycles. The Kier molecular flexibility index (Phi) is 3.16. The molecule has 72 valence electrons. The molecule has 0 radical (unpaired) electrons. The molecule has 1 aliphatic carbocycles. The molecule has 1 saturated carbocycles. The van der Waals surface area contributed by atoms with Gasteiger partial charge < -0.3 is 5.73 Å². The molecule has 1 rings (SSSR count). The van der Waals surface area contributed by atoms with Gasteiger partial charge in [-0.2, -0.15) is 0 Å². The van der Waals surface area contributed by atoms with Crippen LogP contribution in [0.1, 0.15) is 46.5 Å². The van der Waals surface area contributed by atoms with Gasteiger partial charge in [-0.1, -0.05) is 33.6 Å². The van der Waals surface area contributed by atoms with Gasteiger partial charge in [0.25, 0.3) is 0 Å². The van der Waals surface area contributed by atoms with Crippen LogP contribution in [0.2, 0.25) is 0 Å². The molecule has 1 aliphatic rings. The van der Waals surface area contributed by atoms with Crippen molar-refractivity contribution in [3.05, 3.63) is 0 Å². The minimum Gasteiger partial charge on any atom is -0.330 e. The molecule has 1 fully saturated rings. The molecule has 12 heavy (non-hydrogen) atoms. The lowest BCUT2D eigenvalue weighted by Gasteiger charge is -2.37. The van der Waals surface area contributed by atoms with Gasteiger partial charge in [-0.3, -0.25) is 0 Å². The summed E-state index contributed by atoms with van der Waals surface area (Å²) in [6.45, 7) is 7.94. The van der Waals surface area contributed by atoms with E-state index in [1.807, 2.05) is 0 Å². The summed E-state index contributed by atoms with van der Waals surface area (Å²) in [6.07, 6.45) is 5.59. The third-order valence-corrected chi connectivity index (χ3v) is 3.42. The highest BCUT2D eigenvalue weighted by Gasteiger charge is 2.30. The molecular formula is C11H23N. The number of nitrogens with two attached hydrogens (primary N) is 1. The van der Waals surface area contributed by atoms with Crippen molar-refractivity contribution in [3.8, 4) is 0 Å². The minimum absolute atomic E-state index is 0.576. The van der Waals surface area contributed by atoms with Crippen molar-refractivity contribution in [2.45, 2.75) is 46.5 Å². The summed E-state index contributed by atoms with van der Waals surface area (Å²) in [5.41, 5.74) is 6.27. The Morgan fingerprint density at radius 2 is 2.17 bits per heavy atom. The molecule has 1 unspecified atom stereocenters. The summed E-state index contributed by atoms with van der Waals surface area (Å²) in [6, 6.07) is 0. The molecule has 0 aromatic rings. The van der Waals surface area contributed by atoms with Crippen LogP contribution in [0.4, 0.5) is 0 Å². The summed E-state index contributed by atoms with van der Waals surface area (Å²) >= 11 is 0. The first-order chi connectivity index (χ1) is 5.55. The molecule has 1 nitrogen and oxygen atoms in total. The van der Waals surface area contributed by atoms with Crippen molar-refractivity contribution in [3.63, 3.8) is 0 Å². The van der Waals surface area contributed by atoms with E-state index < -0.39 is 0 Å². The topological polar surface area (TPSA) is 26.0 Å². The highest BCUT2D eigenvalue weighted by molar-refractivity contribution is 4.81. The van der Waals surface area contributed by atoms with Gasteiger partial charge in [-0.15, -0.1) is 0 Å². The lowest BCUT2D eigenvalue weighted by Crippen LogP contribution is -2.29. The van der Waals surface area contributed by atoms with Gasteiger partial charge in [0.05, 0.1) is 0 Å². The van der Waals surface area contributed by atoms with E-state index in [2.05, 4.69) is 20.8 Å². The van der Waals surface area contributed by atoms with Crippen LogP contribution in [0.3, 0.4) is 0 Å². The maximum atomic E-state index is 5.69. The van der Waals surface area contributed by atoms with E-state index in [-0.39, 0.29) is 0 Å². The molecular weight excluding hydrogens is 146 g/mol. The zero-order valence-electron chi connectivity index (χ0n) is 8.77. The maximum absolute atomic E-state index is 5.69. The predicted molar refractivity (Wildman–Crippen MR) is 54.0 cm³/mol. The monoisotopic (exact) mass is 169 g/mol. The van der Waals surface area contributed by atoms with Gasteiger partial charge in [0, 0.05) is 0 Å². The second-order valence-electron chi connectivity index (χ2n) is 5.23. The smallest absolute Gasteiger partial charge is 0.00489 e. The van der Waals surface area contributed by atoms with Crippen LogP contribution < -0.4 is 5.73 Å². The van der Waals surface area contributed by atoms with Gasteiger partial charge >= 0.3 is 0 Å². The molecule has 2 N–H and O–H groups in total. The van der Waals surface area contributed by atoms with E-state index in [0.717, 1.165) is 18.4 Å². The standard InChI is InChI=1S/C11H23N/c1-9(8-12)10-5-4-6-11(2,3)7-10/h9-10H,4-8,12H2,1-3H3/t9-,10?/m1/s1. The van der Waals surface area contributed by atoms with Gasteiger partial charge in [0.15, 0.2) is 0 Å². The fraction of sp³-hybridized carbons (Fsp3) is 1.00. The average Bonchev–Trinajstić information content (AvgIpc) is 2.01. The minimum atomic E-state index is 0.576. The lowest BCUT2D eigenvalue weighted by atomic mass is 9.68. The summed E-state index contributed by atoms with van der Waals surface area (Å²) in [5, 5.41) is 0. The molecule has 1 heteroatoms. The Bertz CT molecular complexity index is 140. The summed E-state index contributed by atoms with van der Waals surface area (Å²) in [5.74, 6) is 1.61. The normalized spacial score (nSPS) is 31.5. The molecule has 0 aromatic heterocycles. The summed E-state index contributed by atoms with van der Waals surface area (Å²) < 4.78 is 0. The van der Waals surface area contributed by atoms with Gasteiger partial charge in [-0.25, -0.2) is 0 Å². The van der Waals surface area contributed by atoms with Crippen LogP contribution >= 0.6 is 0 Å². The second kappa shape index (κ2) is 3.78. The third kappa shape index (κ3) is 2.48. The summed E-state index contributed by atoms with van der Waals surface area (Å²) in [7, 11) is 0. The largest absolute Gasteiger partial charge is 0.330 e. The van der Waals surface area contributed by atoms with Crippen LogP contribution in [-0.2, 0) is 0 Å². The van der Waals surface area contributed by atoms with Crippen molar-refractivity contribution >= 4 is 0 Å². The van der Waals surface area contributed by atoms with E-state index >= 15 is 0 Å². The van der Waals surface area contributed by atoms with Crippen LogP contribution in [0.5, 0.6) is 0 Å². The zero-order valence-corrected chi connectivity index (χ0v) is 8.77. The fourth-order valence-electron chi connectivity index (χ4n) is 2.43. The van der Waals surface area contributed by atoms with Crippen LogP contribution in [0, 0.1) is 17.3 Å². The Hall–Kier alpha value is -0.0400. The van der Waals surface area contributed by atoms with E-state index in [1.165, 1.54) is 25.7 Å². The van der Waals surface area contributed by atoms with E-state index in [0.29, 0.717) is 5.41 Å². The molecule has 0 aromatic carbocycles. The van der Waals surface area contributed by atoms with Gasteiger partial charge in [-0.05, 0) is 36.6 Å². The summed E-state index contributed by atoms with van der Waals surface area (Å²) in [4.78, 5) is 0. The van der Waals surface area contributed by atoms with Crippen LogP contribution in [0.15, 0.2) is 0 Å². The van der Waals surface area contributed by atoms with Crippen molar-refractivity contribution < 1.29 is 0 Å². The van der Waals surface area contributed by atoms with Crippen LogP contribution in [-0.4, -0.2) is 6.54 Å². The molecule has 0 aliphatic heterocycles. The molecule has 0 saturated heterocycles. The highest BCUT2D eigenvalue weighted by Crippen LogP contribution is 2.41. The number of hydrogen-bond donors (Lipinski definition) is 1. The molecule has 0 bridgehead atoms. The number of hydrogen-bond acceptors (Lipinski definition) is 1. The Labute approximate surface area is 76.7 Å². The first-order valence-corrected chi connectivity index (χ1v) is 5.25. The highest BCUT2D eigenvalue weighted by atomic mass is 14.6. The first-order valence-electron chi connectivity index (χ1n) is 5.25. The predicted octanol–water partition coefficient (Wildman–Crippen LogP) is 2.80. The Balaban J connectivity index is 2.46. The van der Waals surface area contributed by atoms with E-state index in [9.17, 15) is 0 Å². The van der Waals surface area contributed by atoms with E-state index in [1.54, 1.807) is 0 Å². The SMILES string of the molecule is C[C@H](CN)C1CCCC(C)(C)C1. The van der Waals surface area contributed by atoms with E-state index in [4.69, 9.17) is 5.73 Å². The lowest BCUT2D eigenvalue weighted by molar-refractivity contribution is 0.143. The van der Waals surface area contributed by atoms with Gasteiger partial charge in [0.1, 0.15) is 0 Å². The first kappa shape index (κ1) is 10.0. The van der Waals surface area contributed by atoms with Crippen molar-refractivity contribution in [2.75, 3.05) is 6.54 Å². The van der Waals surface area contributed by atoms with Gasteiger partial charge in [0.2, 0.25) is 0 Å². The number of rotatable bonds is 2. The molecule has 2 atom stereocenters. The Morgan fingerprint density at radius 3 is 2.67 bits per heavy atom. The average molecular weight is 169 g/mol. The van der Waals surface area contributed by atoms with Crippen LogP contribution in [0.25, 0.3) is 0 Å². The van der Waals surface area contributed by atoms with Crippen molar-refractivity contribution in [1.82, 2.24) is 0 Å². The second-order valence-corrected chi connectivity index (χ2v) is 5.23. The quantitative estimate of drug-likeness (QED) is 0.676. The van der Waals surface area contributed by atoms with Crippen molar-refractivity contribution in [2.24, 2.45) is 23.0 Å².